The van der Waals surface area contributed by atoms with Gasteiger partial charge in [0, 0.05) is 12.6 Å². The van der Waals surface area contributed by atoms with Crippen molar-refractivity contribution in [2.45, 2.75) is 13.8 Å². The highest BCUT2D eigenvalue weighted by Gasteiger charge is 2.17. The molecule has 1 amide bonds. The van der Waals surface area contributed by atoms with Crippen molar-refractivity contribution in [3.8, 4) is 17.2 Å². The number of carbonyl (C=O) groups excluding carboxylic acids is 1. The summed E-state index contributed by atoms with van der Waals surface area (Å²) in [5, 5.41) is 9.95. The largest absolute Gasteiger partial charge is 0.503 e. The van der Waals surface area contributed by atoms with Gasteiger partial charge >= 0.3 is 0 Å². The van der Waals surface area contributed by atoms with Gasteiger partial charge in [0.15, 0.2) is 11.5 Å². The van der Waals surface area contributed by atoms with E-state index in [0.717, 1.165) is 11.3 Å². The van der Waals surface area contributed by atoms with Crippen LogP contribution in [-0.2, 0) is 0 Å². The number of para-hydroxylation sites is 1. The fourth-order valence-corrected chi connectivity index (χ4v) is 2.51. The van der Waals surface area contributed by atoms with Crippen LogP contribution in [-0.4, -0.2) is 42.7 Å². The molecule has 2 aromatic carbocycles. The molecule has 0 unspecified atom stereocenters. The summed E-state index contributed by atoms with van der Waals surface area (Å²) < 4.78 is 11.0. The first kappa shape index (κ1) is 18.9. The molecular formula is C19H22ClNO4. The van der Waals surface area contributed by atoms with E-state index < -0.39 is 0 Å². The van der Waals surface area contributed by atoms with Crippen LogP contribution in [0.15, 0.2) is 36.4 Å². The summed E-state index contributed by atoms with van der Waals surface area (Å²) in [4.78, 5) is 14.1. The first-order valence-electron chi connectivity index (χ1n) is 8.03. The molecule has 0 spiro atoms. The van der Waals surface area contributed by atoms with Gasteiger partial charge in [-0.1, -0.05) is 29.8 Å². The molecule has 0 heterocycles. The lowest BCUT2D eigenvalue weighted by Gasteiger charge is -2.19. The molecule has 0 fully saturated rings. The Morgan fingerprint density at radius 3 is 2.60 bits per heavy atom. The van der Waals surface area contributed by atoms with Gasteiger partial charge in [-0.05, 0) is 37.6 Å². The van der Waals surface area contributed by atoms with Crippen LogP contribution in [0.5, 0.6) is 17.2 Å². The second-order valence-electron chi connectivity index (χ2n) is 5.58. The highest BCUT2D eigenvalue weighted by molar-refractivity contribution is 6.32. The molecule has 5 nitrogen and oxygen atoms in total. The van der Waals surface area contributed by atoms with Crippen molar-refractivity contribution in [1.29, 1.82) is 0 Å². The Kier molecular flexibility index (Phi) is 6.53. The van der Waals surface area contributed by atoms with Crippen molar-refractivity contribution in [3.05, 3.63) is 52.5 Å². The molecule has 0 aliphatic rings. The second kappa shape index (κ2) is 8.62. The number of nitrogens with zero attached hydrogens (tertiary/aromatic N) is 1. The number of amides is 1. The minimum absolute atomic E-state index is 0.0823. The third-order valence-electron chi connectivity index (χ3n) is 3.70. The molecule has 25 heavy (non-hydrogen) atoms. The zero-order valence-corrected chi connectivity index (χ0v) is 15.3. The molecular weight excluding hydrogens is 342 g/mol. The van der Waals surface area contributed by atoms with Gasteiger partial charge in [-0.2, -0.15) is 0 Å². The van der Waals surface area contributed by atoms with Gasteiger partial charge in [-0.25, -0.2) is 0 Å². The van der Waals surface area contributed by atoms with E-state index in [-0.39, 0.29) is 22.4 Å². The molecule has 0 radical (unpaired) electrons. The van der Waals surface area contributed by atoms with Gasteiger partial charge in [0.1, 0.15) is 12.4 Å². The Morgan fingerprint density at radius 2 is 1.92 bits per heavy atom. The smallest absolute Gasteiger partial charge is 0.253 e. The molecule has 0 aliphatic carbocycles. The maximum absolute atomic E-state index is 12.5. The summed E-state index contributed by atoms with van der Waals surface area (Å²) >= 11 is 5.98. The number of halogens is 1. The summed E-state index contributed by atoms with van der Waals surface area (Å²) in [6, 6.07) is 10.6. The van der Waals surface area contributed by atoms with Crippen LogP contribution >= 0.6 is 11.6 Å². The van der Waals surface area contributed by atoms with Crippen LogP contribution in [0, 0.1) is 6.92 Å². The molecule has 1 N–H and O–H groups in total. The predicted octanol–water partition coefficient (Wildman–Crippen LogP) is 3.90. The highest BCUT2D eigenvalue weighted by atomic mass is 35.5. The monoisotopic (exact) mass is 363 g/mol. The Bertz CT molecular complexity index is 748. The van der Waals surface area contributed by atoms with Gasteiger partial charge in [0.25, 0.3) is 5.91 Å². The Hall–Kier alpha value is -2.40. The Labute approximate surface area is 152 Å². The average molecular weight is 364 g/mol. The Morgan fingerprint density at radius 1 is 1.20 bits per heavy atom. The fourth-order valence-electron chi connectivity index (χ4n) is 2.30. The summed E-state index contributed by atoms with van der Waals surface area (Å²) in [5.41, 5.74) is 1.40. The number of carbonyl (C=O) groups is 1. The van der Waals surface area contributed by atoms with Crippen molar-refractivity contribution in [3.63, 3.8) is 0 Å². The number of hydrogen-bond acceptors (Lipinski definition) is 4. The van der Waals surface area contributed by atoms with E-state index in [4.69, 9.17) is 21.1 Å². The normalized spacial score (nSPS) is 10.4. The van der Waals surface area contributed by atoms with E-state index in [1.165, 1.54) is 17.0 Å². The Balaban J connectivity index is 2.01. The van der Waals surface area contributed by atoms with Crippen molar-refractivity contribution < 1.29 is 19.4 Å². The van der Waals surface area contributed by atoms with E-state index >= 15 is 0 Å². The molecule has 0 saturated heterocycles. The van der Waals surface area contributed by atoms with Crippen LogP contribution in [0.25, 0.3) is 0 Å². The molecule has 2 aromatic rings. The van der Waals surface area contributed by atoms with Gasteiger partial charge in [0.05, 0.1) is 18.2 Å². The SMILES string of the molecule is CCOc1cc(C(=O)N(C)CCOc2ccccc2C)cc(Cl)c1O. The standard InChI is InChI=1S/C19H22ClNO4/c1-4-24-17-12-14(11-15(20)18(17)22)19(23)21(3)9-10-25-16-8-6-5-7-13(16)2/h5-8,11-12,22H,4,9-10H2,1-3H3. The number of phenolic OH excluding ortho intramolecular Hbond substituents is 1. The molecule has 0 aromatic heterocycles. The topological polar surface area (TPSA) is 59.0 Å². The van der Waals surface area contributed by atoms with Crippen molar-refractivity contribution in [1.82, 2.24) is 4.90 Å². The van der Waals surface area contributed by atoms with E-state index in [9.17, 15) is 9.90 Å². The lowest BCUT2D eigenvalue weighted by atomic mass is 10.1. The van der Waals surface area contributed by atoms with Crippen LogP contribution in [0.4, 0.5) is 0 Å². The minimum Gasteiger partial charge on any atom is -0.503 e. The third kappa shape index (κ3) is 4.79. The number of aryl methyl sites for hydroxylation is 1. The number of likely N-dealkylation sites (N-methyl/N-ethyl adjacent to an activating group) is 1. The molecule has 0 bridgehead atoms. The molecule has 0 atom stereocenters. The van der Waals surface area contributed by atoms with E-state index in [1.807, 2.05) is 31.2 Å². The number of hydrogen-bond donors (Lipinski definition) is 1. The number of phenols is 1. The van der Waals surface area contributed by atoms with Crippen LogP contribution in [0.2, 0.25) is 5.02 Å². The maximum Gasteiger partial charge on any atom is 0.253 e. The van der Waals surface area contributed by atoms with Crippen LogP contribution < -0.4 is 9.47 Å². The third-order valence-corrected chi connectivity index (χ3v) is 3.99. The molecule has 2 rings (SSSR count). The molecule has 134 valence electrons. The summed E-state index contributed by atoms with van der Waals surface area (Å²) in [7, 11) is 1.69. The van der Waals surface area contributed by atoms with Crippen molar-refractivity contribution >= 4 is 17.5 Å². The average Bonchev–Trinajstić information content (AvgIpc) is 2.59. The van der Waals surface area contributed by atoms with Gasteiger partial charge in [-0.3, -0.25) is 4.79 Å². The molecule has 6 heteroatoms. The lowest BCUT2D eigenvalue weighted by Crippen LogP contribution is -2.31. The van der Waals surface area contributed by atoms with E-state index in [1.54, 1.807) is 14.0 Å². The van der Waals surface area contributed by atoms with Gasteiger partial charge in [0.2, 0.25) is 0 Å². The number of aromatic hydroxyl groups is 1. The van der Waals surface area contributed by atoms with Gasteiger partial charge < -0.3 is 19.5 Å². The first-order valence-corrected chi connectivity index (χ1v) is 8.41. The predicted molar refractivity (Wildman–Crippen MR) is 97.9 cm³/mol. The van der Waals surface area contributed by atoms with Crippen molar-refractivity contribution in [2.75, 3.05) is 26.8 Å². The summed E-state index contributed by atoms with van der Waals surface area (Å²) in [6.07, 6.45) is 0. The van der Waals surface area contributed by atoms with Gasteiger partial charge in [-0.15, -0.1) is 0 Å². The van der Waals surface area contributed by atoms with E-state index in [0.29, 0.717) is 25.3 Å². The number of benzene rings is 2. The lowest BCUT2D eigenvalue weighted by molar-refractivity contribution is 0.0773. The van der Waals surface area contributed by atoms with E-state index in [2.05, 4.69) is 0 Å². The maximum atomic E-state index is 12.5. The number of ether oxygens (including phenoxy) is 2. The van der Waals surface area contributed by atoms with Crippen LogP contribution in [0.1, 0.15) is 22.8 Å². The second-order valence-corrected chi connectivity index (χ2v) is 5.99. The zero-order chi connectivity index (χ0) is 18.4. The zero-order valence-electron chi connectivity index (χ0n) is 14.6. The summed E-state index contributed by atoms with van der Waals surface area (Å²) in [6.45, 7) is 4.91. The molecule has 0 aliphatic heterocycles. The number of rotatable bonds is 7. The first-order chi connectivity index (χ1) is 11.9. The highest BCUT2D eigenvalue weighted by Crippen LogP contribution is 2.35. The minimum atomic E-state index is -0.226. The fraction of sp³-hybridized carbons (Fsp3) is 0.316. The summed E-state index contributed by atoms with van der Waals surface area (Å²) in [5.74, 6) is 0.611. The molecule has 0 saturated carbocycles. The van der Waals surface area contributed by atoms with Crippen LogP contribution in [0.3, 0.4) is 0 Å². The quantitative estimate of drug-likeness (QED) is 0.810. The van der Waals surface area contributed by atoms with Crippen molar-refractivity contribution in [2.24, 2.45) is 0 Å².